The number of aromatic amines is 1. The summed E-state index contributed by atoms with van der Waals surface area (Å²) in [5, 5.41) is -0.104. The highest BCUT2D eigenvalue weighted by Crippen LogP contribution is 2.33. The van der Waals surface area contributed by atoms with Crippen LogP contribution in [0.2, 0.25) is 0 Å². The van der Waals surface area contributed by atoms with E-state index in [0.717, 1.165) is 18.3 Å². The lowest BCUT2D eigenvalue weighted by atomic mass is 10.1. The molecule has 16 heavy (non-hydrogen) atoms. The second-order valence-corrected chi connectivity index (χ2v) is 3.19. The fourth-order valence-corrected chi connectivity index (χ4v) is 1.43. The van der Waals surface area contributed by atoms with Gasteiger partial charge in [0.25, 0.3) is 0 Å². The number of halogens is 4. The SMILES string of the molecule is O=c1cc[nH]c2c(F)c(C(F)(F)F)ccc12. The van der Waals surface area contributed by atoms with Crippen molar-refractivity contribution in [3.8, 4) is 0 Å². The third-order valence-electron chi connectivity index (χ3n) is 2.18. The van der Waals surface area contributed by atoms with Crippen molar-refractivity contribution >= 4 is 10.9 Å². The maximum atomic E-state index is 13.5. The van der Waals surface area contributed by atoms with Gasteiger partial charge in [0.15, 0.2) is 11.2 Å². The van der Waals surface area contributed by atoms with Gasteiger partial charge in [0, 0.05) is 17.6 Å². The van der Waals surface area contributed by atoms with Crippen molar-refractivity contribution in [3.63, 3.8) is 0 Å². The van der Waals surface area contributed by atoms with Gasteiger partial charge >= 0.3 is 6.18 Å². The molecule has 0 amide bonds. The fourth-order valence-electron chi connectivity index (χ4n) is 1.43. The van der Waals surface area contributed by atoms with Crippen LogP contribution >= 0.6 is 0 Å². The number of fused-ring (bicyclic) bond motifs is 1. The summed E-state index contributed by atoms with van der Waals surface area (Å²) >= 11 is 0. The lowest BCUT2D eigenvalue weighted by Crippen LogP contribution is -2.10. The summed E-state index contributed by atoms with van der Waals surface area (Å²) in [4.78, 5) is 13.5. The van der Waals surface area contributed by atoms with Crippen LogP contribution in [0.5, 0.6) is 0 Å². The van der Waals surface area contributed by atoms with Crippen LogP contribution in [0.3, 0.4) is 0 Å². The highest BCUT2D eigenvalue weighted by Gasteiger charge is 2.34. The minimum atomic E-state index is -4.77. The monoisotopic (exact) mass is 231 g/mol. The summed E-state index contributed by atoms with van der Waals surface area (Å²) in [6.07, 6.45) is -3.67. The quantitative estimate of drug-likeness (QED) is 0.694. The van der Waals surface area contributed by atoms with E-state index >= 15 is 0 Å². The number of alkyl halides is 3. The maximum Gasteiger partial charge on any atom is 0.419 e. The molecule has 0 saturated heterocycles. The number of H-pyrrole nitrogens is 1. The number of pyridine rings is 1. The Labute approximate surface area is 86.5 Å². The molecule has 2 nitrogen and oxygen atoms in total. The van der Waals surface area contributed by atoms with E-state index in [2.05, 4.69) is 4.98 Å². The Bertz CT molecular complexity index is 600. The first-order valence-electron chi connectivity index (χ1n) is 4.28. The van der Waals surface area contributed by atoms with Crippen LogP contribution in [0.4, 0.5) is 17.6 Å². The van der Waals surface area contributed by atoms with Crippen molar-refractivity contribution in [1.29, 1.82) is 0 Å². The van der Waals surface area contributed by atoms with Gasteiger partial charge in [-0.05, 0) is 12.1 Å². The topological polar surface area (TPSA) is 32.9 Å². The molecule has 0 aliphatic carbocycles. The van der Waals surface area contributed by atoms with E-state index in [1.54, 1.807) is 0 Å². The van der Waals surface area contributed by atoms with E-state index in [9.17, 15) is 22.4 Å². The molecule has 1 aromatic carbocycles. The molecule has 0 spiro atoms. The van der Waals surface area contributed by atoms with Crippen LogP contribution in [0, 0.1) is 5.82 Å². The van der Waals surface area contributed by atoms with Gasteiger partial charge in [0.1, 0.15) is 0 Å². The summed E-state index contributed by atoms with van der Waals surface area (Å²) in [6, 6.07) is 2.64. The molecule has 1 heterocycles. The first-order valence-corrected chi connectivity index (χ1v) is 4.28. The van der Waals surface area contributed by atoms with Crippen molar-refractivity contribution in [2.75, 3.05) is 0 Å². The first kappa shape index (κ1) is 10.7. The molecule has 0 fully saturated rings. The minimum absolute atomic E-state index is 0.104. The highest BCUT2D eigenvalue weighted by atomic mass is 19.4. The smallest absolute Gasteiger partial charge is 0.359 e. The fraction of sp³-hybridized carbons (Fsp3) is 0.100. The number of rotatable bonds is 0. The largest absolute Gasteiger partial charge is 0.419 e. The van der Waals surface area contributed by atoms with Gasteiger partial charge in [-0.1, -0.05) is 0 Å². The Morgan fingerprint density at radius 3 is 2.44 bits per heavy atom. The van der Waals surface area contributed by atoms with Crippen LogP contribution in [-0.2, 0) is 6.18 Å². The van der Waals surface area contributed by atoms with Gasteiger partial charge in [-0.15, -0.1) is 0 Å². The van der Waals surface area contributed by atoms with Gasteiger partial charge < -0.3 is 4.98 Å². The highest BCUT2D eigenvalue weighted by molar-refractivity contribution is 5.79. The van der Waals surface area contributed by atoms with Gasteiger partial charge in [0.2, 0.25) is 0 Å². The van der Waals surface area contributed by atoms with Crippen LogP contribution in [-0.4, -0.2) is 4.98 Å². The van der Waals surface area contributed by atoms with Crippen molar-refractivity contribution in [3.05, 3.63) is 46.0 Å². The van der Waals surface area contributed by atoms with Crippen LogP contribution in [0.15, 0.2) is 29.2 Å². The summed E-state index contributed by atoms with van der Waals surface area (Å²) in [5.74, 6) is -1.46. The third kappa shape index (κ3) is 1.56. The molecule has 0 atom stereocenters. The molecular weight excluding hydrogens is 226 g/mol. The average molecular weight is 231 g/mol. The molecule has 84 valence electrons. The van der Waals surface area contributed by atoms with E-state index in [4.69, 9.17) is 0 Å². The number of nitrogens with one attached hydrogen (secondary N) is 1. The van der Waals surface area contributed by atoms with E-state index in [0.29, 0.717) is 6.07 Å². The average Bonchev–Trinajstić information content (AvgIpc) is 2.18. The van der Waals surface area contributed by atoms with Crippen molar-refractivity contribution < 1.29 is 17.6 Å². The molecule has 1 N–H and O–H groups in total. The molecule has 2 rings (SSSR count). The molecule has 0 aliphatic rings. The Morgan fingerprint density at radius 1 is 1.12 bits per heavy atom. The number of hydrogen-bond donors (Lipinski definition) is 1. The van der Waals surface area contributed by atoms with Crippen LogP contribution in [0.25, 0.3) is 10.9 Å². The second-order valence-electron chi connectivity index (χ2n) is 3.19. The van der Waals surface area contributed by atoms with E-state index in [1.807, 2.05) is 0 Å². The minimum Gasteiger partial charge on any atom is -0.359 e. The van der Waals surface area contributed by atoms with Gasteiger partial charge in [-0.25, -0.2) is 4.39 Å². The predicted octanol–water partition coefficient (Wildman–Crippen LogP) is 2.69. The van der Waals surface area contributed by atoms with Crippen LogP contribution in [0.1, 0.15) is 5.56 Å². The Kier molecular flexibility index (Phi) is 2.22. The van der Waals surface area contributed by atoms with E-state index in [1.165, 1.54) is 0 Å². The number of hydrogen-bond acceptors (Lipinski definition) is 1. The summed E-state index contributed by atoms with van der Waals surface area (Å²) in [7, 11) is 0. The van der Waals surface area contributed by atoms with E-state index in [-0.39, 0.29) is 5.39 Å². The van der Waals surface area contributed by atoms with Gasteiger partial charge in [-0.3, -0.25) is 4.79 Å². The Morgan fingerprint density at radius 2 is 1.81 bits per heavy atom. The predicted molar refractivity (Wildman–Crippen MR) is 49.5 cm³/mol. The summed E-state index contributed by atoms with van der Waals surface area (Å²) < 4.78 is 50.5. The molecule has 0 saturated carbocycles. The molecule has 0 unspecified atom stereocenters. The standard InChI is InChI=1S/C10H5F4NO/c11-8-6(10(12,13)14)2-1-5-7(16)3-4-15-9(5)8/h1-4H,(H,15,16). The Balaban J connectivity index is 2.86. The Hall–Kier alpha value is -1.85. The molecule has 0 radical (unpaired) electrons. The lowest BCUT2D eigenvalue weighted by molar-refractivity contribution is -0.139. The summed E-state index contributed by atoms with van der Waals surface area (Å²) in [6.45, 7) is 0. The van der Waals surface area contributed by atoms with Crippen LogP contribution < -0.4 is 5.43 Å². The van der Waals surface area contributed by atoms with Gasteiger partial charge in [0.05, 0.1) is 11.1 Å². The zero-order valence-corrected chi connectivity index (χ0v) is 7.73. The van der Waals surface area contributed by atoms with Crippen molar-refractivity contribution in [2.45, 2.75) is 6.18 Å². The molecule has 1 aromatic heterocycles. The molecular formula is C10H5F4NO. The van der Waals surface area contributed by atoms with E-state index < -0.39 is 28.5 Å². The third-order valence-corrected chi connectivity index (χ3v) is 2.18. The van der Waals surface area contributed by atoms with Crippen molar-refractivity contribution in [1.82, 2.24) is 4.98 Å². The maximum absolute atomic E-state index is 13.5. The normalized spacial score (nSPS) is 12.0. The molecule has 0 bridgehead atoms. The number of benzene rings is 1. The zero-order chi connectivity index (χ0) is 11.9. The van der Waals surface area contributed by atoms with Gasteiger partial charge in [-0.2, -0.15) is 13.2 Å². The lowest BCUT2D eigenvalue weighted by Gasteiger charge is -2.09. The second kappa shape index (κ2) is 3.33. The first-order chi connectivity index (χ1) is 7.41. The molecule has 0 aliphatic heterocycles. The zero-order valence-electron chi connectivity index (χ0n) is 7.73. The summed E-state index contributed by atoms with van der Waals surface area (Å²) in [5.41, 5.74) is -2.34. The van der Waals surface area contributed by atoms with Crippen molar-refractivity contribution in [2.24, 2.45) is 0 Å². The number of aromatic nitrogens is 1. The molecule has 2 aromatic rings. The molecule has 6 heteroatoms.